The Morgan fingerprint density at radius 1 is 0.844 bits per heavy atom. The Labute approximate surface area is 183 Å². The smallest absolute Gasteiger partial charge is 0.323 e. The number of methoxy groups -OCH3 is 2. The molecule has 2 amide bonds. The van der Waals surface area contributed by atoms with E-state index in [0.717, 1.165) is 11.1 Å². The summed E-state index contributed by atoms with van der Waals surface area (Å²) in [5.41, 5.74) is 2.40. The van der Waals surface area contributed by atoms with Crippen LogP contribution in [0.4, 0.5) is 32.1 Å². The quantitative estimate of drug-likeness (QED) is 0.388. The first-order chi connectivity index (χ1) is 15.6. The summed E-state index contributed by atoms with van der Waals surface area (Å²) in [7, 11) is 3.13. The highest BCUT2D eigenvalue weighted by atomic mass is 19.1. The molecule has 4 aromatic rings. The molecule has 0 bridgehead atoms. The molecule has 9 heteroatoms. The van der Waals surface area contributed by atoms with Crippen LogP contribution in [0.3, 0.4) is 0 Å². The van der Waals surface area contributed by atoms with Crippen LogP contribution in [0.5, 0.6) is 11.5 Å². The Morgan fingerprint density at radius 3 is 2.25 bits per heavy atom. The maximum absolute atomic E-state index is 13.2. The zero-order valence-electron chi connectivity index (χ0n) is 17.3. The number of benzene rings is 3. The third-order valence-electron chi connectivity index (χ3n) is 4.63. The lowest BCUT2D eigenvalue weighted by Gasteiger charge is -2.12. The normalized spacial score (nSPS) is 10.5. The highest BCUT2D eigenvalue weighted by Gasteiger charge is 2.11. The summed E-state index contributed by atoms with van der Waals surface area (Å²) >= 11 is 0. The predicted octanol–water partition coefficient (Wildman–Crippen LogP) is 5.17. The number of rotatable bonds is 6. The summed E-state index contributed by atoms with van der Waals surface area (Å²) in [5.74, 6) is 1.32. The highest BCUT2D eigenvalue weighted by molar-refractivity contribution is 6.00. The first-order valence-electron chi connectivity index (χ1n) is 9.63. The number of carbonyl (C=O) groups is 1. The summed E-state index contributed by atoms with van der Waals surface area (Å²) in [6.07, 6.45) is 1.46. The molecule has 0 saturated heterocycles. The van der Waals surface area contributed by atoms with E-state index in [1.807, 2.05) is 6.07 Å². The molecule has 0 spiro atoms. The number of carbonyl (C=O) groups excluding carboxylic acids is 1. The van der Waals surface area contributed by atoms with Gasteiger partial charge in [0, 0.05) is 28.5 Å². The Balaban J connectivity index is 1.48. The molecule has 3 aromatic carbocycles. The molecule has 1 aromatic heterocycles. The van der Waals surface area contributed by atoms with Crippen molar-refractivity contribution in [2.24, 2.45) is 0 Å². The Bertz CT molecular complexity index is 1260. The maximum Gasteiger partial charge on any atom is 0.323 e. The van der Waals surface area contributed by atoms with Gasteiger partial charge >= 0.3 is 6.03 Å². The third kappa shape index (κ3) is 4.67. The number of anilines is 4. The van der Waals surface area contributed by atoms with Crippen molar-refractivity contribution >= 4 is 39.8 Å². The van der Waals surface area contributed by atoms with Gasteiger partial charge in [0.25, 0.3) is 0 Å². The minimum Gasteiger partial charge on any atom is -0.493 e. The van der Waals surface area contributed by atoms with E-state index in [2.05, 4.69) is 25.9 Å². The average molecular weight is 433 g/mol. The van der Waals surface area contributed by atoms with Crippen LogP contribution in [0.25, 0.3) is 10.9 Å². The fraction of sp³-hybridized carbons (Fsp3) is 0.0870. The van der Waals surface area contributed by atoms with Crippen molar-refractivity contribution in [3.05, 3.63) is 72.8 Å². The van der Waals surface area contributed by atoms with Crippen molar-refractivity contribution in [2.45, 2.75) is 0 Å². The Kier molecular flexibility index (Phi) is 5.98. The van der Waals surface area contributed by atoms with Gasteiger partial charge in [0.15, 0.2) is 11.5 Å². The van der Waals surface area contributed by atoms with Crippen molar-refractivity contribution in [3.8, 4) is 11.5 Å². The number of hydrogen-bond acceptors (Lipinski definition) is 6. The zero-order chi connectivity index (χ0) is 22.5. The second-order valence-corrected chi connectivity index (χ2v) is 6.74. The molecule has 4 rings (SSSR count). The van der Waals surface area contributed by atoms with Gasteiger partial charge in [-0.1, -0.05) is 6.07 Å². The molecule has 0 unspecified atom stereocenters. The number of urea groups is 1. The van der Waals surface area contributed by atoms with E-state index in [1.165, 1.54) is 24.5 Å². The third-order valence-corrected chi connectivity index (χ3v) is 4.63. The fourth-order valence-electron chi connectivity index (χ4n) is 3.12. The Hall–Kier alpha value is -4.40. The molecule has 162 valence electrons. The summed E-state index contributed by atoms with van der Waals surface area (Å²) in [4.78, 5) is 20.7. The van der Waals surface area contributed by atoms with E-state index >= 15 is 0 Å². The standard InChI is InChI=1S/C23H20FN5O3/c1-31-20-11-18-19(12-21(20)32-2)25-13-26-22(18)27-15-6-8-16(9-7-15)28-23(30)29-17-5-3-4-14(24)10-17/h3-13H,1-2H3,(H,25,26,27)(H2,28,29,30). The van der Waals surface area contributed by atoms with Crippen LogP contribution in [0.15, 0.2) is 67.0 Å². The molecule has 32 heavy (non-hydrogen) atoms. The number of halogens is 1. The van der Waals surface area contributed by atoms with Gasteiger partial charge in [-0.2, -0.15) is 0 Å². The number of amides is 2. The van der Waals surface area contributed by atoms with E-state index in [4.69, 9.17) is 9.47 Å². The summed E-state index contributed by atoms with van der Waals surface area (Å²) in [5, 5.41) is 9.29. The molecular formula is C23H20FN5O3. The van der Waals surface area contributed by atoms with E-state index in [1.54, 1.807) is 50.6 Å². The lowest BCUT2D eigenvalue weighted by Crippen LogP contribution is -2.19. The largest absolute Gasteiger partial charge is 0.493 e. The number of nitrogens with one attached hydrogen (secondary N) is 3. The topological polar surface area (TPSA) is 97.4 Å². The van der Waals surface area contributed by atoms with E-state index < -0.39 is 11.8 Å². The highest BCUT2D eigenvalue weighted by Crippen LogP contribution is 2.34. The van der Waals surface area contributed by atoms with E-state index in [0.29, 0.717) is 34.2 Å². The van der Waals surface area contributed by atoms with Gasteiger partial charge in [0.1, 0.15) is 18.0 Å². The summed E-state index contributed by atoms with van der Waals surface area (Å²) in [6, 6.07) is 15.9. The van der Waals surface area contributed by atoms with Gasteiger partial charge in [-0.25, -0.2) is 19.2 Å². The molecule has 0 aliphatic rings. The van der Waals surface area contributed by atoms with Crippen LogP contribution in [-0.2, 0) is 0 Å². The van der Waals surface area contributed by atoms with Crippen molar-refractivity contribution in [1.82, 2.24) is 9.97 Å². The van der Waals surface area contributed by atoms with Crippen LogP contribution in [0.1, 0.15) is 0 Å². The van der Waals surface area contributed by atoms with Crippen LogP contribution in [-0.4, -0.2) is 30.2 Å². The van der Waals surface area contributed by atoms with Gasteiger partial charge in [-0.3, -0.25) is 0 Å². The number of nitrogens with zero attached hydrogens (tertiary/aromatic N) is 2. The molecule has 8 nitrogen and oxygen atoms in total. The lowest BCUT2D eigenvalue weighted by atomic mass is 10.2. The van der Waals surface area contributed by atoms with Gasteiger partial charge in [0.05, 0.1) is 19.7 Å². The van der Waals surface area contributed by atoms with Crippen LogP contribution < -0.4 is 25.4 Å². The van der Waals surface area contributed by atoms with Gasteiger partial charge in [0.2, 0.25) is 0 Å². The Morgan fingerprint density at radius 2 is 1.53 bits per heavy atom. The van der Waals surface area contributed by atoms with Crippen molar-refractivity contribution in [1.29, 1.82) is 0 Å². The predicted molar refractivity (Wildman–Crippen MR) is 121 cm³/mol. The van der Waals surface area contributed by atoms with Gasteiger partial charge < -0.3 is 25.4 Å². The summed E-state index contributed by atoms with van der Waals surface area (Å²) in [6.45, 7) is 0. The molecular weight excluding hydrogens is 413 g/mol. The molecule has 0 fully saturated rings. The van der Waals surface area contributed by atoms with E-state index in [-0.39, 0.29) is 0 Å². The van der Waals surface area contributed by atoms with Crippen LogP contribution >= 0.6 is 0 Å². The SMILES string of the molecule is COc1cc2ncnc(Nc3ccc(NC(=O)Nc4cccc(F)c4)cc3)c2cc1OC. The second kappa shape index (κ2) is 9.17. The fourth-order valence-corrected chi connectivity index (χ4v) is 3.12. The molecule has 3 N–H and O–H groups in total. The molecule has 1 heterocycles. The number of hydrogen-bond donors (Lipinski definition) is 3. The molecule has 0 atom stereocenters. The minimum atomic E-state index is -0.473. The number of fused-ring (bicyclic) bond motifs is 1. The first-order valence-corrected chi connectivity index (χ1v) is 9.63. The molecule has 0 radical (unpaired) electrons. The number of aromatic nitrogens is 2. The molecule has 0 aliphatic carbocycles. The summed E-state index contributed by atoms with van der Waals surface area (Å²) < 4.78 is 23.9. The molecule has 0 saturated carbocycles. The van der Waals surface area contributed by atoms with Crippen molar-refractivity contribution in [3.63, 3.8) is 0 Å². The first kappa shape index (κ1) is 20.9. The second-order valence-electron chi connectivity index (χ2n) is 6.74. The van der Waals surface area contributed by atoms with E-state index in [9.17, 15) is 9.18 Å². The van der Waals surface area contributed by atoms with Crippen molar-refractivity contribution < 1.29 is 18.7 Å². The lowest BCUT2D eigenvalue weighted by molar-refractivity contribution is 0.262. The average Bonchev–Trinajstić information content (AvgIpc) is 2.79. The minimum absolute atomic E-state index is 0.364. The monoisotopic (exact) mass is 433 g/mol. The molecule has 0 aliphatic heterocycles. The van der Waals surface area contributed by atoms with Crippen LogP contribution in [0.2, 0.25) is 0 Å². The van der Waals surface area contributed by atoms with Crippen molar-refractivity contribution in [2.75, 3.05) is 30.2 Å². The van der Waals surface area contributed by atoms with Gasteiger partial charge in [-0.05, 0) is 48.5 Å². The maximum atomic E-state index is 13.2. The van der Waals surface area contributed by atoms with Crippen LogP contribution in [0, 0.1) is 5.82 Å². The van der Waals surface area contributed by atoms with Gasteiger partial charge in [-0.15, -0.1) is 0 Å². The zero-order valence-corrected chi connectivity index (χ0v) is 17.3. The number of ether oxygens (including phenoxy) is 2.